The van der Waals surface area contributed by atoms with E-state index in [-0.39, 0.29) is 40.0 Å². The van der Waals surface area contributed by atoms with Crippen LogP contribution in [-0.4, -0.2) is 36.9 Å². The average Bonchev–Trinajstić information content (AvgIpc) is 2.86. The fourth-order valence-corrected chi connectivity index (χ4v) is 9.23. The third-order valence-electron chi connectivity index (χ3n) is 6.76. The largest absolute Gasteiger partial charge is 0.300 e. The highest BCUT2D eigenvalue weighted by Crippen LogP contribution is 2.49. The average molecular weight is 559 g/mol. The van der Waals surface area contributed by atoms with E-state index in [1.54, 1.807) is 44.2 Å². The number of Topliss-reactive ketones (excluding diaryl/α,β-unsaturated/α-hetero) is 1. The Morgan fingerprint density at radius 2 is 1.43 bits per heavy atom. The molecule has 0 aliphatic heterocycles. The molecule has 1 fully saturated rings. The molecule has 0 bridgehead atoms. The molecule has 3 aromatic rings. The number of nitrogens with zero attached hydrogens (tertiary/aromatic N) is 2. The van der Waals surface area contributed by atoms with Crippen LogP contribution in [-0.2, 0) is 24.8 Å². The monoisotopic (exact) mass is 558 g/mol. The first-order chi connectivity index (χ1) is 17.4. The van der Waals surface area contributed by atoms with Crippen molar-refractivity contribution in [1.29, 1.82) is 0 Å². The van der Waals surface area contributed by atoms with Crippen LogP contribution >= 0.6 is 11.6 Å². The lowest BCUT2D eigenvalue weighted by Crippen LogP contribution is -2.58. The molecule has 2 aromatic carbocycles. The first-order valence-corrected chi connectivity index (χ1v) is 14.9. The molecule has 7 nitrogen and oxygen atoms in total. The number of benzene rings is 2. The zero-order valence-electron chi connectivity index (χ0n) is 20.5. The van der Waals surface area contributed by atoms with Crippen molar-refractivity contribution in [1.82, 2.24) is 8.69 Å². The number of pyridine rings is 1. The van der Waals surface area contributed by atoms with Gasteiger partial charge in [-0.15, -0.1) is 6.58 Å². The summed E-state index contributed by atoms with van der Waals surface area (Å²) >= 11 is 5.98. The van der Waals surface area contributed by atoms with Crippen molar-refractivity contribution in [3.05, 3.63) is 101 Å². The van der Waals surface area contributed by atoms with Crippen LogP contribution in [0.25, 0.3) is 0 Å². The number of rotatable bonds is 7. The first-order valence-electron chi connectivity index (χ1n) is 11.6. The molecule has 37 heavy (non-hydrogen) atoms. The molecule has 1 heterocycles. The van der Waals surface area contributed by atoms with Gasteiger partial charge in [0.2, 0.25) is 0 Å². The molecule has 1 saturated carbocycles. The zero-order chi connectivity index (χ0) is 27.0. The summed E-state index contributed by atoms with van der Waals surface area (Å²) in [5.74, 6) is -0.977. The van der Waals surface area contributed by atoms with Gasteiger partial charge in [0.1, 0.15) is 10.9 Å². The van der Waals surface area contributed by atoms with Crippen LogP contribution in [0.15, 0.2) is 89.3 Å². The van der Waals surface area contributed by atoms with E-state index in [2.05, 4.69) is 11.6 Å². The Kier molecular flexibility index (Phi) is 7.45. The van der Waals surface area contributed by atoms with Crippen molar-refractivity contribution in [3.8, 4) is 0 Å². The second-order valence-corrected chi connectivity index (χ2v) is 13.4. The molecule has 0 spiro atoms. The van der Waals surface area contributed by atoms with Crippen LogP contribution in [0.3, 0.4) is 0 Å². The summed E-state index contributed by atoms with van der Waals surface area (Å²) < 4.78 is 57.7. The lowest BCUT2D eigenvalue weighted by molar-refractivity contribution is -0.122. The second kappa shape index (κ2) is 10.1. The summed E-state index contributed by atoms with van der Waals surface area (Å²) in [6.45, 7) is 7.52. The maximum absolute atomic E-state index is 14.3. The molecule has 0 saturated heterocycles. The van der Waals surface area contributed by atoms with Gasteiger partial charge in [0, 0.05) is 25.0 Å². The summed E-state index contributed by atoms with van der Waals surface area (Å²) in [7, 11) is -9.31. The molecule has 4 rings (SSSR count). The minimum Gasteiger partial charge on any atom is -0.300 e. The van der Waals surface area contributed by atoms with Crippen LogP contribution in [0.5, 0.6) is 0 Å². The van der Waals surface area contributed by atoms with Gasteiger partial charge in [0.05, 0.1) is 15.3 Å². The van der Waals surface area contributed by atoms with Crippen molar-refractivity contribution in [2.45, 2.75) is 54.4 Å². The predicted molar refractivity (Wildman–Crippen MR) is 142 cm³/mol. The van der Waals surface area contributed by atoms with Crippen molar-refractivity contribution in [3.63, 3.8) is 0 Å². The van der Waals surface area contributed by atoms with E-state index < -0.39 is 31.5 Å². The Morgan fingerprint density at radius 3 is 1.86 bits per heavy atom. The molecule has 1 aliphatic rings. The van der Waals surface area contributed by atoms with Gasteiger partial charge in [-0.05, 0) is 56.2 Å². The third kappa shape index (κ3) is 5.01. The van der Waals surface area contributed by atoms with Crippen molar-refractivity contribution >= 4 is 37.4 Å². The van der Waals surface area contributed by atoms with Crippen LogP contribution in [0, 0.1) is 13.8 Å². The van der Waals surface area contributed by atoms with Gasteiger partial charge in [-0.25, -0.2) is 21.8 Å². The van der Waals surface area contributed by atoms with Gasteiger partial charge in [-0.1, -0.05) is 62.8 Å². The zero-order valence-corrected chi connectivity index (χ0v) is 22.9. The third-order valence-corrected chi connectivity index (χ3v) is 11.4. The molecule has 10 heteroatoms. The number of carbonyl (C=O) groups excluding carboxylic acids is 1. The van der Waals surface area contributed by atoms with Gasteiger partial charge < -0.3 is 0 Å². The molecule has 1 aromatic heterocycles. The van der Waals surface area contributed by atoms with Gasteiger partial charge >= 0.3 is 0 Å². The van der Waals surface area contributed by atoms with Crippen LogP contribution in [0.4, 0.5) is 0 Å². The minimum absolute atomic E-state index is 0.00707. The van der Waals surface area contributed by atoms with E-state index in [1.165, 1.54) is 42.6 Å². The summed E-state index contributed by atoms with van der Waals surface area (Å²) in [5, 5.41) is 0.214. The van der Waals surface area contributed by atoms with Crippen LogP contribution in [0.1, 0.15) is 41.9 Å². The van der Waals surface area contributed by atoms with E-state index in [0.717, 1.165) is 11.1 Å². The number of ketones is 1. The first kappa shape index (κ1) is 27.2. The molecule has 2 unspecified atom stereocenters. The molecular weight excluding hydrogens is 532 g/mol. The highest BCUT2D eigenvalue weighted by atomic mass is 35.5. The number of hydrogen-bond donors (Lipinski definition) is 0. The van der Waals surface area contributed by atoms with Crippen LogP contribution in [0.2, 0.25) is 5.15 Å². The van der Waals surface area contributed by atoms with E-state index in [4.69, 9.17) is 11.6 Å². The van der Waals surface area contributed by atoms with E-state index >= 15 is 0 Å². The smallest absolute Gasteiger partial charge is 0.257 e. The lowest BCUT2D eigenvalue weighted by atomic mass is 9.70. The number of aryl methyl sites for hydroxylation is 2. The fourth-order valence-electron chi connectivity index (χ4n) is 4.75. The van der Waals surface area contributed by atoms with E-state index in [1.807, 2.05) is 0 Å². The van der Waals surface area contributed by atoms with Gasteiger partial charge in [0.25, 0.3) is 20.0 Å². The highest BCUT2D eigenvalue weighted by Gasteiger charge is 2.56. The second-order valence-electron chi connectivity index (χ2n) is 9.24. The Morgan fingerprint density at radius 1 is 0.919 bits per heavy atom. The SMILES string of the molecule is C=CC1(N(S(=O)(=O)c2ccc(C)cc2)S(=O)(=O)c2ccc(C)cc2)CCC(=O)CC1c1ccc(Cl)nc1. The highest BCUT2D eigenvalue weighted by molar-refractivity contribution is 8.04. The Hall–Kier alpha value is -2.85. The summed E-state index contributed by atoms with van der Waals surface area (Å²) in [4.78, 5) is 16.4. The lowest BCUT2D eigenvalue weighted by Gasteiger charge is -2.47. The molecule has 0 N–H and O–H groups in total. The number of sulfonamides is 2. The fraction of sp³-hybridized carbons (Fsp3) is 0.259. The maximum Gasteiger partial charge on any atom is 0.257 e. The number of aromatic nitrogens is 1. The summed E-state index contributed by atoms with van der Waals surface area (Å²) in [6, 6.07) is 15.1. The minimum atomic E-state index is -4.65. The summed E-state index contributed by atoms with van der Waals surface area (Å²) in [6.07, 6.45) is 2.62. The van der Waals surface area contributed by atoms with E-state index in [9.17, 15) is 21.6 Å². The quantitative estimate of drug-likeness (QED) is 0.292. The topological polar surface area (TPSA) is 101 Å². The number of halogens is 1. The number of hydrogen-bond acceptors (Lipinski definition) is 6. The molecule has 0 amide bonds. The van der Waals surface area contributed by atoms with E-state index in [0.29, 0.717) is 9.27 Å². The maximum atomic E-state index is 14.3. The molecule has 0 radical (unpaired) electrons. The van der Waals surface area contributed by atoms with Crippen LogP contribution < -0.4 is 0 Å². The van der Waals surface area contributed by atoms with Gasteiger partial charge in [0.15, 0.2) is 0 Å². The normalized spacial score (nSPS) is 20.6. The van der Waals surface area contributed by atoms with Crippen molar-refractivity contribution in [2.75, 3.05) is 0 Å². The van der Waals surface area contributed by atoms with Crippen molar-refractivity contribution in [2.24, 2.45) is 0 Å². The Bertz CT molecular complexity index is 1460. The van der Waals surface area contributed by atoms with Crippen molar-refractivity contribution < 1.29 is 21.6 Å². The number of carbonyl (C=O) groups is 1. The van der Waals surface area contributed by atoms with Gasteiger partial charge in [-0.2, -0.15) is 0 Å². The molecule has 1 aliphatic carbocycles. The molecular formula is C27H27ClN2O5S2. The Balaban J connectivity index is 2.03. The predicted octanol–water partition coefficient (Wildman–Crippen LogP) is 5.19. The standard InChI is InChI=1S/C27H27ClN2O5S2/c1-4-27(16-15-22(31)17-25(27)21-9-14-26(28)29-18-21)30(36(32,33)23-10-5-19(2)6-11-23)37(34,35)24-12-7-20(3)8-13-24/h4-14,18,25H,1,15-17H2,2-3H3. The summed E-state index contributed by atoms with van der Waals surface area (Å²) in [5.41, 5.74) is 0.439. The molecule has 194 valence electrons. The molecule has 2 atom stereocenters. The Labute approximate surface area is 222 Å². The van der Waals surface area contributed by atoms with Gasteiger partial charge in [-0.3, -0.25) is 4.79 Å².